The smallest absolute Gasteiger partial charge is 0.273 e. The van der Waals surface area contributed by atoms with Crippen LogP contribution in [0, 0.1) is 0 Å². The highest BCUT2D eigenvalue weighted by atomic mass is 16.2. The maximum atomic E-state index is 12.1. The molecule has 0 fully saturated rings. The van der Waals surface area contributed by atoms with Crippen LogP contribution in [-0.2, 0) is 0 Å². The van der Waals surface area contributed by atoms with Crippen LogP contribution in [0.15, 0.2) is 53.6 Å². The Labute approximate surface area is 130 Å². The summed E-state index contributed by atoms with van der Waals surface area (Å²) in [6, 6.07) is 15.2. The Morgan fingerprint density at radius 1 is 1.09 bits per heavy atom. The molecular weight excluding hydrogens is 276 g/mol. The van der Waals surface area contributed by atoms with E-state index < -0.39 is 0 Å². The van der Waals surface area contributed by atoms with Gasteiger partial charge >= 0.3 is 0 Å². The number of hydrogen-bond acceptors (Lipinski definition) is 4. The Kier molecular flexibility index (Phi) is 5.14. The molecule has 2 N–H and O–H groups in total. The topological polar surface area (TPSA) is 56.7 Å². The summed E-state index contributed by atoms with van der Waals surface area (Å²) >= 11 is 0. The van der Waals surface area contributed by atoms with E-state index in [1.807, 2.05) is 61.5 Å². The van der Waals surface area contributed by atoms with E-state index in [0.717, 1.165) is 16.9 Å². The standard InChI is InChI=1S/C17H20N4O/c1-18-16-7-5-4-6-15(16)17(22)20-19-12-13-8-10-14(11-9-13)21(2)3/h4-12,18H,1-3H3,(H,20,22)/b19-12+. The lowest BCUT2D eigenvalue weighted by Crippen LogP contribution is -2.19. The first kappa shape index (κ1) is 15.6. The number of nitrogens with one attached hydrogen (secondary N) is 2. The summed E-state index contributed by atoms with van der Waals surface area (Å²) in [6.07, 6.45) is 1.62. The van der Waals surface area contributed by atoms with Crippen molar-refractivity contribution in [3.05, 3.63) is 59.7 Å². The van der Waals surface area contributed by atoms with Gasteiger partial charge in [-0.3, -0.25) is 4.79 Å². The minimum absolute atomic E-state index is 0.244. The van der Waals surface area contributed by atoms with E-state index in [-0.39, 0.29) is 5.91 Å². The number of amides is 1. The predicted octanol–water partition coefficient (Wildman–Crippen LogP) is 2.56. The number of benzene rings is 2. The molecule has 0 aliphatic rings. The monoisotopic (exact) mass is 296 g/mol. The fourth-order valence-electron chi connectivity index (χ4n) is 1.98. The lowest BCUT2D eigenvalue weighted by atomic mass is 10.1. The molecule has 0 aromatic heterocycles. The molecule has 1 amide bonds. The van der Waals surface area contributed by atoms with Crippen LogP contribution < -0.4 is 15.6 Å². The van der Waals surface area contributed by atoms with Crippen molar-refractivity contribution in [2.75, 3.05) is 31.4 Å². The molecule has 2 rings (SSSR count). The molecule has 114 valence electrons. The third kappa shape index (κ3) is 3.85. The highest BCUT2D eigenvalue weighted by molar-refractivity contribution is 5.99. The molecule has 2 aromatic rings. The largest absolute Gasteiger partial charge is 0.387 e. The maximum absolute atomic E-state index is 12.1. The van der Waals surface area contributed by atoms with E-state index in [1.54, 1.807) is 19.3 Å². The fourth-order valence-corrected chi connectivity index (χ4v) is 1.98. The summed E-state index contributed by atoms with van der Waals surface area (Å²) in [4.78, 5) is 14.1. The summed E-state index contributed by atoms with van der Waals surface area (Å²) in [5.41, 5.74) is 5.91. The average Bonchev–Trinajstić information content (AvgIpc) is 2.55. The number of nitrogens with zero attached hydrogens (tertiary/aromatic N) is 2. The van der Waals surface area contributed by atoms with Crippen LogP contribution in [0.2, 0.25) is 0 Å². The van der Waals surface area contributed by atoms with Gasteiger partial charge in [0.25, 0.3) is 5.91 Å². The number of carbonyl (C=O) groups is 1. The van der Waals surface area contributed by atoms with Gasteiger partial charge in [-0.1, -0.05) is 24.3 Å². The van der Waals surface area contributed by atoms with Crippen LogP contribution in [0.3, 0.4) is 0 Å². The van der Waals surface area contributed by atoms with E-state index in [9.17, 15) is 4.79 Å². The number of carbonyl (C=O) groups excluding carboxylic acids is 1. The molecule has 0 unspecified atom stereocenters. The summed E-state index contributed by atoms with van der Waals surface area (Å²) in [5.74, 6) is -0.244. The number of anilines is 2. The summed E-state index contributed by atoms with van der Waals surface area (Å²) in [6.45, 7) is 0. The Morgan fingerprint density at radius 2 is 1.77 bits per heavy atom. The van der Waals surface area contributed by atoms with Gasteiger partial charge in [0, 0.05) is 32.5 Å². The Bertz CT molecular complexity index is 663. The van der Waals surface area contributed by atoms with Gasteiger partial charge in [0.1, 0.15) is 0 Å². The quantitative estimate of drug-likeness (QED) is 0.658. The SMILES string of the molecule is CNc1ccccc1C(=O)N/N=C/c1ccc(N(C)C)cc1. The number of para-hydroxylation sites is 1. The highest BCUT2D eigenvalue weighted by Crippen LogP contribution is 2.14. The van der Waals surface area contributed by atoms with Crippen molar-refractivity contribution in [3.8, 4) is 0 Å². The molecule has 2 aromatic carbocycles. The van der Waals surface area contributed by atoms with Crippen LogP contribution >= 0.6 is 0 Å². The predicted molar refractivity (Wildman–Crippen MR) is 91.8 cm³/mol. The van der Waals surface area contributed by atoms with E-state index in [1.165, 1.54) is 0 Å². The zero-order valence-corrected chi connectivity index (χ0v) is 13.0. The van der Waals surface area contributed by atoms with Crippen molar-refractivity contribution >= 4 is 23.5 Å². The zero-order valence-electron chi connectivity index (χ0n) is 13.0. The zero-order chi connectivity index (χ0) is 15.9. The third-order valence-corrected chi connectivity index (χ3v) is 3.23. The van der Waals surface area contributed by atoms with Crippen molar-refractivity contribution in [2.24, 2.45) is 5.10 Å². The lowest BCUT2D eigenvalue weighted by Gasteiger charge is -2.11. The van der Waals surface area contributed by atoms with Crippen LogP contribution in [0.4, 0.5) is 11.4 Å². The maximum Gasteiger partial charge on any atom is 0.273 e. The van der Waals surface area contributed by atoms with Crippen LogP contribution in [0.5, 0.6) is 0 Å². The van der Waals surface area contributed by atoms with Crippen molar-refractivity contribution in [1.82, 2.24) is 5.43 Å². The fraction of sp³-hybridized carbons (Fsp3) is 0.176. The second kappa shape index (κ2) is 7.26. The normalized spacial score (nSPS) is 10.5. The molecule has 0 radical (unpaired) electrons. The highest BCUT2D eigenvalue weighted by Gasteiger charge is 2.08. The Hall–Kier alpha value is -2.82. The minimum atomic E-state index is -0.244. The van der Waals surface area contributed by atoms with E-state index >= 15 is 0 Å². The first-order chi connectivity index (χ1) is 10.6. The minimum Gasteiger partial charge on any atom is -0.387 e. The van der Waals surface area contributed by atoms with Gasteiger partial charge < -0.3 is 10.2 Å². The molecular formula is C17H20N4O. The molecule has 0 spiro atoms. The number of hydrogen-bond donors (Lipinski definition) is 2. The van der Waals surface area contributed by atoms with Crippen molar-refractivity contribution in [3.63, 3.8) is 0 Å². The summed E-state index contributed by atoms with van der Waals surface area (Å²) in [7, 11) is 5.76. The van der Waals surface area contributed by atoms with Gasteiger partial charge in [-0.2, -0.15) is 5.10 Å². The summed E-state index contributed by atoms with van der Waals surface area (Å²) in [5, 5.41) is 6.99. The van der Waals surface area contributed by atoms with Crippen molar-refractivity contribution < 1.29 is 4.79 Å². The second-order valence-electron chi connectivity index (χ2n) is 4.98. The third-order valence-electron chi connectivity index (χ3n) is 3.23. The van der Waals surface area contributed by atoms with Crippen LogP contribution in [0.25, 0.3) is 0 Å². The van der Waals surface area contributed by atoms with Crippen molar-refractivity contribution in [1.29, 1.82) is 0 Å². The Balaban J connectivity index is 2.01. The first-order valence-electron chi connectivity index (χ1n) is 6.99. The lowest BCUT2D eigenvalue weighted by molar-refractivity contribution is 0.0956. The second-order valence-corrected chi connectivity index (χ2v) is 4.98. The number of rotatable bonds is 5. The molecule has 5 heteroatoms. The Morgan fingerprint density at radius 3 is 2.41 bits per heavy atom. The molecule has 0 aliphatic carbocycles. The van der Waals surface area contributed by atoms with Crippen LogP contribution in [0.1, 0.15) is 15.9 Å². The first-order valence-corrected chi connectivity index (χ1v) is 6.99. The molecule has 0 heterocycles. The van der Waals surface area contributed by atoms with E-state index in [0.29, 0.717) is 5.56 Å². The molecule has 0 saturated carbocycles. The van der Waals surface area contributed by atoms with Gasteiger partial charge in [-0.15, -0.1) is 0 Å². The van der Waals surface area contributed by atoms with E-state index in [4.69, 9.17) is 0 Å². The molecule has 0 saturated heterocycles. The van der Waals surface area contributed by atoms with Crippen molar-refractivity contribution in [2.45, 2.75) is 0 Å². The van der Waals surface area contributed by atoms with Gasteiger partial charge in [0.2, 0.25) is 0 Å². The molecule has 0 aliphatic heterocycles. The average molecular weight is 296 g/mol. The van der Waals surface area contributed by atoms with Crippen LogP contribution in [-0.4, -0.2) is 33.3 Å². The van der Waals surface area contributed by atoms with Gasteiger partial charge in [0.05, 0.1) is 11.8 Å². The number of hydrazone groups is 1. The van der Waals surface area contributed by atoms with Gasteiger partial charge in [-0.05, 0) is 29.8 Å². The molecule has 5 nitrogen and oxygen atoms in total. The summed E-state index contributed by atoms with van der Waals surface area (Å²) < 4.78 is 0. The van der Waals surface area contributed by atoms with Gasteiger partial charge in [0.15, 0.2) is 0 Å². The molecule has 0 bridgehead atoms. The van der Waals surface area contributed by atoms with Gasteiger partial charge in [-0.25, -0.2) is 5.43 Å². The molecule has 22 heavy (non-hydrogen) atoms. The van der Waals surface area contributed by atoms with E-state index in [2.05, 4.69) is 15.8 Å². The molecule has 0 atom stereocenters.